The van der Waals surface area contributed by atoms with Crippen molar-refractivity contribution in [1.82, 2.24) is 9.88 Å². The third kappa shape index (κ3) is 5.55. The van der Waals surface area contributed by atoms with Crippen molar-refractivity contribution in [1.29, 1.82) is 0 Å². The maximum atomic E-state index is 14.0. The normalized spacial score (nSPS) is 22.1. The molecule has 3 N–H and O–H groups in total. The van der Waals surface area contributed by atoms with E-state index in [4.69, 9.17) is 0 Å². The number of aliphatic hydroxyl groups excluding tert-OH is 2. The number of aromatic nitrogens is 1. The highest BCUT2D eigenvalue weighted by Crippen LogP contribution is 2.48. The fourth-order valence-corrected chi connectivity index (χ4v) is 5.80. The van der Waals surface area contributed by atoms with Gasteiger partial charge in [0.2, 0.25) is 11.8 Å². The monoisotopic (exact) mass is 552 g/mol. The Morgan fingerprint density at radius 3 is 2.58 bits per heavy atom. The van der Waals surface area contributed by atoms with E-state index in [9.17, 15) is 34.1 Å². The number of imide groups is 3. The molecule has 0 spiro atoms. The molecule has 3 amide bonds. The minimum atomic E-state index is -1.07. The molecular formula is C30H33FN2O7. The Bertz CT molecular complexity index is 1360. The lowest BCUT2D eigenvalue weighted by molar-refractivity contribution is -0.137. The van der Waals surface area contributed by atoms with Crippen LogP contribution in [0.5, 0.6) is 5.75 Å². The van der Waals surface area contributed by atoms with E-state index in [2.05, 4.69) is 9.72 Å². The highest BCUT2D eigenvalue weighted by molar-refractivity contribution is 6.16. The first kappa shape index (κ1) is 29.1. The third-order valence-corrected chi connectivity index (χ3v) is 7.72. The zero-order valence-corrected chi connectivity index (χ0v) is 22.6. The lowest BCUT2D eigenvalue weighted by Gasteiger charge is -2.38. The van der Waals surface area contributed by atoms with Gasteiger partial charge in [0.1, 0.15) is 0 Å². The average molecular weight is 553 g/mol. The molecule has 0 unspecified atom stereocenters. The molecule has 2 aliphatic rings. The molecule has 10 heteroatoms. The van der Waals surface area contributed by atoms with Crippen LogP contribution in [0.1, 0.15) is 44.4 Å². The Morgan fingerprint density at radius 1 is 1.23 bits per heavy atom. The Hall–Kier alpha value is -3.89. The van der Waals surface area contributed by atoms with E-state index in [1.165, 1.54) is 12.1 Å². The molecule has 1 saturated heterocycles. The largest absolute Gasteiger partial charge is 0.505 e. The molecule has 4 rings (SSSR count). The van der Waals surface area contributed by atoms with E-state index in [-0.39, 0.29) is 18.8 Å². The number of methoxy groups -OCH3 is 1. The molecule has 4 atom stereocenters. The first-order chi connectivity index (χ1) is 19.1. The number of phenols is 1. The van der Waals surface area contributed by atoms with Crippen LogP contribution in [0.4, 0.5) is 9.18 Å². The molecule has 2 heterocycles. The summed E-state index contributed by atoms with van der Waals surface area (Å²) in [5.74, 6) is -5.40. The average Bonchev–Trinajstić information content (AvgIpc) is 3.20. The summed E-state index contributed by atoms with van der Waals surface area (Å²) in [6, 6.07) is 9.39. The molecule has 9 nitrogen and oxygen atoms in total. The number of pyridine rings is 1. The minimum absolute atomic E-state index is 0.0968. The van der Waals surface area contributed by atoms with Crippen molar-refractivity contribution in [3.8, 4) is 5.75 Å². The number of amides is 3. The number of aromatic hydroxyl groups is 1. The van der Waals surface area contributed by atoms with Gasteiger partial charge in [-0.2, -0.15) is 4.90 Å². The number of fused-ring (bicyclic) bond motifs is 1. The second-order valence-electron chi connectivity index (χ2n) is 10.4. The number of carbonyl (C=O) groups is 3. The van der Waals surface area contributed by atoms with E-state index < -0.39 is 59.9 Å². The van der Waals surface area contributed by atoms with Gasteiger partial charge in [0.15, 0.2) is 11.6 Å². The second kappa shape index (κ2) is 12.1. The van der Waals surface area contributed by atoms with E-state index in [0.29, 0.717) is 33.7 Å². The molecule has 1 aromatic heterocycles. The molecule has 1 aliphatic heterocycles. The summed E-state index contributed by atoms with van der Waals surface area (Å²) in [4.78, 5) is 43.3. The van der Waals surface area contributed by atoms with Gasteiger partial charge in [-0.3, -0.25) is 14.6 Å². The first-order valence-corrected chi connectivity index (χ1v) is 13.2. The summed E-state index contributed by atoms with van der Waals surface area (Å²) >= 11 is 0. The molecule has 212 valence electrons. The van der Waals surface area contributed by atoms with Gasteiger partial charge in [-0.25, -0.2) is 9.18 Å². The summed E-state index contributed by atoms with van der Waals surface area (Å²) in [5, 5.41) is 31.5. The van der Waals surface area contributed by atoms with Gasteiger partial charge in [-0.05, 0) is 72.2 Å². The summed E-state index contributed by atoms with van der Waals surface area (Å²) < 4.78 is 18.6. The first-order valence-electron chi connectivity index (χ1n) is 13.2. The van der Waals surface area contributed by atoms with Crippen LogP contribution in [0.25, 0.3) is 11.6 Å². The van der Waals surface area contributed by atoms with Gasteiger partial charge in [0.05, 0.1) is 37.4 Å². The van der Waals surface area contributed by atoms with Crippen LogP contribution in [0.3, 0.4) is 0 Å². The number of benzene rings is 1. The maximum absolute atomic E-state index is 14.0. The van der Waals surface area contributed by atoms with Gasteiger partial charge in [-0.1, -0.05) is 31.6 Å². The highest BCUT2D eigenvalue weighted by atomic mass is 19.1. The summed E-state index contributed by atoms with van der Waals surface area (Å²) in [6.07, 6.45) is 1.88. The molecule has 0 saturated carbocycles. The smallest absolute Gasteiger partial charge is 0.423 e. The van der Waals surface area contributed by atoms with Crippen LogP contribution < -0.4 is 0 Å². The van der Waals surface area contributed by atoms with Crippen molar-refractivity contribution in [2.45, 2.75) is 39.2 Å². The predicted molar refractivity (Wildman–Crippen MR) is 144 cm³/mol. The van der Waals surface area contributed by atoms with Crippen molar-refractivity contribution in [3.63, 3.8) is 0 Å². The van der Waals surface area contributed by atoms with Gasteiger partial charge in [-0.15, -0.1) is 0 Å². The SMILES string of the molecule is COC(=O)N1C(=O)[C@@H]2[C@@H](CC(C(C)C)=C([C@H](O)CC/C(=C/c3ccc(O)c(F)c3)c3ccccn3)[C@@H]2CO)C1=O. The standard InChI is InChI=1S/C30H33FN2O7/c1-16(2)19-14-20-27(29(38)33(28(20)37)30(39)40-3)21(15-34)26(19)25(36)10-8-18(23-6-4-5-11-32-23)12-17-7-9-24(35)22(31)13-17/h4-7,9,11-13,16,20-21,25,27,34-36H,8,10,14-15H2,1-3H3/b18-12-/t20-,21+,25-,27-/m1/s1. The van der Waals surface area contributed by atoms with Gasteiger partial charge in [0, 0.05) is 12.1 Å². The molecule has 1 aliphatic carbocycles. The van der Waals surface area contributed by atoms with Crippen LogP contribution in [-0.4, -0.2) is 62.9 Å². The number of rotatable bonds is 8. The number of likely N-dealkylation sites (tertiary alicyclic amines) is 1. The Kier molecular flexibility index (Phi) is 8.80. The van der Waals surface area contributed by atoms with E-state index in [1.807, 2.05) is 19.9 Å². The molecular weight excluding hydrogens is 519 g/mol. The van der Waals surface area contributed by atoms with Gasteiger partial charge >= 0.3 is 6.09 Å². The van der Waals surface area contributed by atoms with Gasteiger partial charge < -0.3 is 20.1 Å². The highest BCUT2D eigenvalue weighted by Gasteiger charge is 2.57. The van der Waals surface area contributed by atoms with Crippen LogP contribution in [0, 0.1) is 29.5 Å². The number of ether oxygens (including phenoxy) is 1. The Balaban J connectivity index is 1.67. The van der Waals surface area contributed by atoms with Crippen LogP contribution in [0.15, 0.2) is 53.7 Å². The van der Waals surface area contributed by atoms with Crippen LogP contribution >= 0.6 is 0 Å². The number of hydrogen-bond acceptors (Lipinski definition) is 8. The number of carbonyl (C=O) groups excluding carboxylic acids is 3. The van der Waals surface area contributed by atoms with Crippen molar-refractivity contribution in [3.05, 3.63) is 70.8 Å². The number of allylic oxidation sites excluding steroid dienone is 2. The van der Waals surface area contributed by atoms with Crippen LogP contribution in [-0.2, 0) is 14.3 Å². The summed E-state index contributed by atoms with van der Waals surface area (Å²) in [6.45, 7) is 3.33. The lowest BCUT2D eigenvalue weighted by atomic mass is 9.66. The Labute approximate surface area is 231 Å². The fraction of sp³-hybridized carbons (Fsp3) is 0.400. The minimum Gasteiger partial charge on any atom is -0.505 e. The molecule has 0 radical (unpaired) electrons. The summed E-state index contributed by atoms with van der Waals surface area (Å²) in [7, 11) is 1.08. The van der Waals surface area contributed by atoms with Crippen LogP contribution in [0.2, 0.25) is 0 Å². The van der Waals surface area contributed by atoms with Crippen molar-refractivity contribution >= 4 is 29.6 Å². The van der Waals surface area contributed by atoms with E-state index in [1.54, 1.807) is 30.5 Å². The number of nitrogens with zero attached hydrogens (tertiary/aromatic N) is 2. The number of aliphatic hydroxyl groups is 2. The topological polar surface area (TPSA) is 137 Å². The molecule has 1 aromatic carbocycles. The molecule has 2 aromatic rings. The number of phenolic OH excluding ortho intramolecular Hbond substituents is 1. The lowest BCUT2D eigenvalue weighted by Crippen LogP contribution is -2.40. The van der Waals surface area contributed by atoms with E-state index in [0.717, 1.165) is 12.7 Å². The Morgan fingerprint density at radius 2 is 1.98 bits per heavy atom. The van der Waals surface area contributed by atoms with Crippen molar-refractivity contribution in [2.75, 3.05) is 13.7 Å². The second-order valence-corrected chi connectivity index (χ2v) is 10.4. The maximum Gasteiger partial charge on any atom is 0.423 e. The zero-order chi connectivity index (χ0) is 29.1. The van der Waals surface area contributed by atoms with Gasteiger partial charge in [0.25, 0.3) is 0 Å². The molecule has 1 fully saturated rings. The third-order valence-electron chi connectivity index (χ3n) is 7.72. The van der Waals surface area contributed by atoms with Crippen molar-refractivity contribution in [2.24, 2.45) is 23.7 Å². The predicted octanol–water partition coefficient (Wildman–Crippen LogP) is 3.94. The zero-order valence-electron chi connectivity index (χ0n) is 22.6. The van der Waals surface area contributed by atoms with Crippen molar-refractivity contribution < 1.29 is 38.8 Å². The van der Waals surface area contributed by atoms with E-state index >= 15 is 0 Å². The molecule has 0 bridgehead atoms. The summed E-state index contributed by atoms with van der Waals surface area (Å²) in [5.41, 5.74) is 3.09. The molecule has 40 heavy (non-hydrogen) atoms. The fourth-order valence-electron chi connectivity index (χ4n) is 5.80. The number of halogens is 1. The quantitative estimate of drug-likeness (QED) is 0.331. The number of hydrogen-bond donors (Lipinski definition) is 3.